The number of carbonyl (C=O) groups excluding carboxylic acids is 1. The first kappa shape index (κ1) is 23.7. The number of anilines is 1. The minimum atomic E-state index is -4.42. The van der Waals surface area contributed by atoms with Crippen molar-refractivity contribution in [1.29, 1.82) is 0 Å². The molecule has 0 aliphatic carbocycles. The van der Waals surface area contributed by atoms with Crippen molar-refractivity contribution in [3.63, 3.8) is 0 Å². The lowest BCUT2D eigenvalue weighted by molar-refractivity contribution is -0.137. The first-order valence-corrected chi connectivity index (χ1v) is 10.5. The first-order valence-electron chi connectivity index (χ1n) is 9.72. The topological polar surface area (TPSA) is 84.8 Å². The van der Waals surface area contributed by atoms with Crippen LogP contribution in [0.3, 0.4) is 0 Å². The van der Waals surface area contributed by atoms with Crippen LogP contribution in [0.15, 0.2) is 30.6 Å². The third-order valence-corrected chi connectivity index (χ3v) is 5.82. The van der Waals surface area contributed by atoms with Crippen molar-refractivity contribution in [1.82, 2.24) is 9.97 Å². The molecule has 0 amide bonds. The molecule has 0 saturated heterocycles. The van der Waals surface area contributed by atoms with Crippen LogP contribution in [0.4, 0.5) is 19.0 Å². The molecule has 2 aromatic heterocycles. The largest absolute Gasteiger partial charge is 0.491 e. The number of thiophene rings is 1. The van der Waals surface area contributed by atoms with Crippen LogP contribution in [0.1, 0.15) is 27.7 Å². The Balaban J connectivity index is 1.68. The second-order valence-corrected chi connectivity index (χ2v) is 8.02. The Labute approximate surface area is 186 Å². The summed E-state index contributed by atoms with van der Waals surface area (Å²) < 4.78 is 48.4. The van der Waals surface area contributed by atoms with Gasteiger partial charge >= 0.3 is 12.1 Å². The van der Waals surface area contributed by atoms with Gasteiger partial charge in [-0.3, -0.25) is 0 Å². The van der Waals surface area contributed by atoms with Crippen molar-refractivity contribution in [2.45, 2.75) is 26.1 Å². The van der Waals surface area contributed by atoms with E-state index in [0.29, 0.717) is 26.5 Å². The molecule has 1 unspecified atom stereocenters. The molecule has 0 saturated carbocycles. The summed E-state index contributed by atoms with van der Waals surface area (Å²) in [5.74, 6) is 0.330. The van der Waals surface area contributed by atoms with Crippen molar-refractivity contribution in [3.05, 3.63) is 46.6 Å². The maximum Gasteiger partial charge on any atom is 0.416 e. The molecule has 1 N–H and O–H groups in total. The third kappa shape index (κ3) is 5.28. The number of aliphatic hydroxyl groups is 1. The number of likely N-dealkylation sites (N-methyl/N-ethyl adjacent to an activating group) is 1. The summed E-state index contributed by atoms with van der Waals surface area (Å²) in [6.07, 6.45) is -3.99. The fraction of sp³-hybridized carbons (Fsp3) is 0.381. The van der Waals surface area contributed by atoms with Crippen LogP contribution in [-0.4, -0.2) is 54.0 Å². The maximum absolute atomic E-state index is 12.6. The number of hydrogen-bond acceptors (Lipinski definition) is 8. The van der Waals surface area contributed by atoms with E-state index >= 15 is 0 Å². The lowest BCUT2D eigenvalue weighted by Gasteiger charge is -2.22. The summed E-state index contributed by atoms with van der Waals surface area (Å²) in [5.41, 5.74) is -0.0763. The predicted molar refractivity (Wildman–Crippen MR) is 114 cm³/mol. The maximum atomic E-state index is 12.6. The molecule has 0 bridgehead atoms. The van der Waals surface area contributed by atoms with Crippen molar-refractivity contribution >= 4 is 33.3 Å². The Morgan fingerprint density at radius 2 is 1.94 bits per heavy atom. The summed E-state index contributed by atoms with van der Waals surface area (Å²) >= 11 is 1.21. The molecule has 3 aromatic rings. The van der Waals surface area contributed by atoms with E-state index in [1.807, 2.05) is 0 Å². The highest BCUT2D eigenvalue weighted by molar-refractivity contribution is 7.20. The minimum absolute atomic E-state index is 0.124. The van der Waals surface area contributed by atoms with Crippen LogP contribution >= 0.6 is 11.3 Å². The monoisotopic (exact) mass is 469 g/mol. The molecule has 0 radical (unpaired) electrons. The normalized spacial score (nSPS) is 12.6. The number of hydrogen-bond donors (Lipinski definition) is 1. The molecule has 172 valence electrons. The van der Waals surface area contributed by atoms with Crippen molar-refractivity contribution in [2.24, 2.45) is 0 Å². The number of esters is 1. The van der Waals surface area contributed by atoms with Gasteiger partial charge in [-0.1, -0.05) is 0 Å². The van der Waals surface area contributed by atoms with Gasteiger partial charge < -0.3 is 19.5 Å². The number of alkyl halides is 3. The van der Waals surface area contributed by atoms with Gasteiger partial charge in [-0.05, 0) is 43.7 Å². The van der Waals surface area contributed by atoms with Gasteiger partial charge in [0.15, 0.2) is 0 Å². The van der Waals surface area contributed by atoms with Gasteiger partial charge in [-0.15, -0.1) is 11.3 Å². The average Bonchev–Trinajstić information content (AvgIpc) is 3.09. The Morgan fingerprint density at radius 3 is 2.56 bits per heavy atom. The zero-order valence-electron chi connectivity index (χ0n) is 17.6. The summed E-state index contributed by atoms with van der Waals surface area (Å²) in [5, 5.41) is 11.1. The Hall–Kier alpha value is -2.92. The standard InChI is InChI=1S/C21H22F3N3O4S/c1-4-30-20(29)17-12(2)16-18(25-11-26-19(16)32-17)27(3)9-14(28)10-31-15-7-5-13(6-8-15)21(22,23)24/h5-8,11,14,28H,4,9-10H2,1-3H3. The fourth-order valence-corrected chi connectivity index (χ4v) is 4.16. The smallest absolute Gasteiger partial charge is 0.416 e. The van der Waals surface area contributed by atoms with Gasteiger partial charge in [0.05, 0.1) is 17.6 Å². The predicted octanol–water partition coefficient (Wildman–Crippen LogP) is 4.07. The number of aromatic nitrogens is 2. The number of benzene rings is 1. The zero-order valence-corrected chi connectivity index (χ0v) is 18.5. The van der Waals surface area contributed by atoms with Gasteiger partial charge in [0.1, 0.15) is 40.3 Å². The molecule has 11 heteroatoms. The molecular weight excluding hydrogens is 447 g/mol. The SMILES string of the molecule is CCOC(=O)c1sc2ncnc(N(C)CC(O)COc3ccc(C(F)(F)F)cc3)c2c1C. The average molecular weight is 469 g/mol. The second-order valence-electron chi connectivity index (χ2n) is 7.02. The number of ether oxygens (including phenoxy) is 2. The van der Waals surface area contributed by atoms with Crippen LogP contribution in [0, 0.1) is 6.92 Å². The quantitative estimate of drug-likeness (QED) is 0.498. The van der Waals surface area contributed by atoms with E-state index in [1.165, 1.54) is 29.8 Å². The van der Waals surface area contributed by atoms with E-state index in [2.05, 4.69) is 9.97 Å². The number of nitrogens with zero attached hydrogens (tertiary/aromatic N) is 3. The number of fused-ring (bicyclic) bond motifs is 1. The Bertz CT molecular complexity index is 1090. The van der Waals surface area contributed by atoms with Crippen LogP contribution in [0.2, 0.25) is 0 Å². The van der Waals surface area contributed by atoms with Gasteiger partial charge in [0.2, 0.25) is 0 Å². The van der Waals surface area contributed by atoms with E-state index in [-0.39, 0.29) is 25.5 Å². The number of aliphatic hydroxyl groups excluding tert-OH is 1. The summed E-state index contributed by atoms with van der Waals surface area (Å²) in [4.78, 5) is 23.5. The van der Waals surface area contributed by atoms with Crippen molar-refractivity contribution in [2.75, 3.05) is 31.7 Å². The van der Waals surface area contributed by atoms with E-state index in [9.17, 15) is 23.1 Å². The van der Waals surface area contributed by atoms with E-state index in [4.69, 9.17) is 9.47 Å². The highest BCUT2D eigenvalue weighted by Crippen LogP contribution is 2.35. The van der Waals surface area contributed by atoms with Crippen LogP contribution < -0.4 is 9.64 Å². The molecule has 32 heavy (non-hydrogen) atoms. The van der Waals surface area contributed by atoms with Crippen molar-refractivity contribution in [3.8, 4) is 5.75 Å². The van der Waals surface area contributed by atoms with Gasteiger partial charge in [-0.25, -0.2) is 14.8 Å². The molecule has 2 heterocycles. The number of halogens is 3. The molecule has 7 nitrogen and oxygen atoms in total. The Morgan fingerprint density at radius 1 is 1.25 bits per heavy atom. The molecule has 0 spiro atoms. The van der Waals surface area contributed by atoms with Gasteiger partial charge in [0.25, 0.3) is 0 Å². The van der Waals surface area contributed by atoms with Crippen LogP contribution in [0.25, 0.3) is 10.2 Å². The van der Waals surface area contributed by atoms with Gasteiger partial charge in [-0.2, -0.15) is 13.2 Å². The minimum Gasteiger partial charge on any atom is -0.491 e. The number of rotatable bonds is 8. The lowest BCUT2D eigenvalue weighted by Crippen LogP contribution is -2.33. The van der Waals surface area contributed by atoms with E-state index < -0.39 is 23.8 Å². The number of carbonyl (C=O) groups is 1. The summed E-state index contributed by atoms with van der Waals surface area (Å²) in [6, 6.07) is 4.26. The van der Waals surface area contributed by atoms with E-state index in [1.54, 1.807) is 25.8 Å². The lowest BCUT2D eigenvalue weighted by atomic mass is 10.2. The first-order chi connectivity index (χ1) is 15.1. The zero-order chi connectivity index (χ0) is 23.5. The molecular formula is C21H22F3N3O4S. The fourth-order valence-electron chi connectivity index (χ4n) is 3.12. The summed E-state index contributed by atoms with van der Waals surface area (Å²) in [7, 11) is 1.73. The third-order valence-electron chi connectivity index (χ3n) is 4.64. The van der Waals surface area contributed by atoms with Crippen LogP contribution in [-0.2, 0) is 10.9 Å². The molecule has 3 rings (SSSR count). The van der Waals surface area contributed by atoms with Gasteiger partial charge in [0, 0.05) is 13.6 Å². The molecule has 0 aliphatic rings. The number of aryl methyl sites for hydroxylation is 1. The van der Waals surface area contributed by atoms with Crippen molar-refractivity contribution < 1.29 is 32.5 Å². The molecule has 1 aromatic carbocycles. The van der Waals surface area contributed by atoms with E-state index in [0.717, 1.165) is 12.1 Å². The highest BCUT2D eigenvalue weighted by Gasteiger charge is 2.30. The molecule has 0 fully saturated rings. The Kier molecular flexibility index (Phi) is 7.19. The van der Waals surface area contributed by atoms with Crippen LogP contribution in [0.5, 0.6) is 5.75 Å². The molecule has 0 aliphatic heterocycles. The molecule has 1 atom stereocenters. The highest BCUT2D eigenvalue weighted by atomic mass is 32.1. The second kappa shape index (κ2) is 9.70. The summed E-state index contributed by atoms with van der Waals surface area (Å²) in [6.45, 7) is 3.79.